The van der Waals surface area contributed by atoms with E-state index in [-0.39, 0.29) is 12.1 Å². The van der Waals surface area contributed by atoms with Crippen LogP contribution >= 0.6 is 0 Å². The SMILES string of the molecule is CC(C)(C)OC(=O)N1C[C@@H]2CC1CN2c1cncc(-c2ccccc2)c1. The van der Waals surface area contributed by atoms with Crippen LogP contribution in [0.4, 0.5) is 10.5 Å². The van der Waals surface area contributed by atoms with Gasteiger partial charge in [0.1, 0.15) is 5.60 Å². The molecular formula is C21H25N3O2. The molecule has 1 unspecified atom stereocenters. The number of benzene rings is 1. The van der Waals surface area contributed by atoms with E-state index >= 15 is 0 Å². The summed E-state index contributed by atoms with van der Waals surface area (Å²) in [6, 6.07) is 13.0. The molecule has 0 aliphatic carbocycles. The molecular weight excluding hydrogens is 326 g/mol. The number of carbonyl (C=O) groups excluding carboxylic acids is 1. The summed E-state index contributed by atoms with van der Waals surface area (Å²) in [5.41, 5.74) is 2.96. The lowest BCUT2D eigenvalue weighted by molar-refractivity contribution is 0.0215. The molecule has 26 heavy (non-hydrogen) atoms. The van der Waals surface area contributed by atoms with Crippen LogP contribution in [0, 0.1) is 0 Å². The minimum atomic E-state index is -0.452. The van der Waals surface area contributed by atoms with Crippen LogP contribution in [-0.4, -0.2) is 46.8 Å². The average molecular weight is 351 g/mol. The van der Waals surface area contributed by atoms with Crippen molar-refractivity contribution in [3.63, 3.8) is 0 Å². The van der Waals surface area contributed by atoms with Crippen molar-refractivity contribution in [1.82, 2.24) is 9.88 Å². The Kier molecular flexibility index (Phi) is 4.10. The number of amides is 1. The molecule has 136 valence electrons. The number of anilines is 1. The van der Waals surface area contributed by atoms with Gasteiger partial charge in [-0.25, -0.2) is 4.79 Å². The van der Waals surface area contributed by atoms with Gasteiger partial charge < -0.3 is 14.5 Å². The van der Waals surface area contributed by atoms with E-state index in [0.29, 0.717) is 6.04 Å². The summed E-state index contributed by atoms with van der Waals surface area (Å²) in [7, 11) is 0. The number of pyridine rings is 1. The van der Waals surface area contributed by atoms with E-state index in [2.05, 4.69) is 28.1 Å². The van der Waals surface area contributed by atoms with Crippen molar-refractivity contribution >= 4 is 11.8 Å². The Bertz CT molecular complexity index is 800. The average Bonchev–Trinajstić information content (AvgIpc) is 3.22. The third kappa shape index (κ3) is 3.26. The highest BCUT2D eigenvalue weighted by Gasteiger charge is 2.46. The second kappa shape index (κ2) is 6.31. The molecule has 2 bridgehead atoms. The predicted molar refractivity (Wildman–Crippen MR) is 102 cm³/mol. The second-order valence-electron chi connectivity index (χ2n) is 8.13. The van der Waals surface area contributed by atoms with E-state index in [0.717, 1.165) is 30.8 Å². The van der Waals surface area contributed by atoms with Crippen LogP contribution in [0.25, 0.3) is 11.1 Å². The lowest BCUT2D eigenvalue weighted by Crippen LogP contribution is -2.50. The van der Waals surface area contributed by atoms with Crippen LogP contribution in [0.3, 0.4) is 0 Å². The zero-order valence-corrected chi connectivity index (χ0v) is 15.6. The number of nitrogens with zero attached hydrogens (tertiary/aromatic N) is 3. The lowest BCUT2D eigenvalue weighted by atomic mass is 10.1. The van der Waals surface area contributed by atoms with Gasteiger partial charge in [-0.05, 0) is 38.8 Å². The molecule has 0 spiro atoms. The number of hydrogen-bond donors (Lipinski definition) is 0. The molecule has 0 radical (unpaired) electrons. The van der Waals surface area contributed by atoms with Crippen LogP contribution in [0.15, 0.2) is 48.8 Å². The number of carbonyl (C=O) groups is 1. The van der Waals surface area contributed by atoms with E-state index in [9.17, 15) is 4.79 Å². The van der Waals surface area contributed by atoms with Gasteiger partial charge in [-0.2, -0.15) is 0 Å². The van der Waals surface area contributed by atoms with Gasteiger partial charge in [0.05, 0.1) is 17.9 Å². The summed E-state index contributed by atoms with van der Waals surface area (Å²) in [6.07, 6.45) is 4.63. The van der Waals surface area contributed by atoms with Crippen molar-refractivity contribution in [3.8, 4) is 11.1 Å². The molecule has 3 heterocycles. The minimum absolute atomic E-state index is 0.194. The van der Waals surface area contributed by atoms with Gasteiger partial charge in [0.2, 0.25) is 0 Å². The molecule has 0 saturated carbocycles. The number of likely N-dealkylation sites (tertiary alicyclic amines) is 1. The number of rotatable bonds is 2. The summed E-state index contributed by atoms with van der Waals surface area (Å²) >= 11 is 0. The van der Waals surface area contributed by atoms with Crippen molar-refractivity contribution < 1.29 is 9.53 Å². The molecule has 1 amide bonds. The van der Waals surface area contributed by atoms with Crippen LogP contribution < -0.4 is 4.90 Å². The molecule has 2 atom stereocenters. The Hall–Kier alpha value is -2.56. The highest BCUT2D eigenvalue weighted by Crippen LogP contribution is 2.36. The van der Waals surface area contributed by atoms with Crippen molar-refractivity contribution in [3.05, 3.63) is 48.8 Å². The number of piperazine rings is 1. The van der Waals surface area contributed by atoms with E-state index in [1.807, 2.05) is 56.3 Å². The first-order valence-corrected chi connectivity index (χ1v) is 9.17. The molecule has 4 rings (SSSR count). The first-order valence-electron chi connectivity index (χ1n) is 9.17. The number of hydrogen-bond acceptors (Lipinski definition) is 4. The van der Waals surface area contributed by atoms with Crippen molar-refractivity contribution in [2.45, 2.75) is 44.9 Å². The van der Waals surface area contributed by atoms with Gasteiger partial charge in [-0.15, -0.1) is 0 Å². The van der Waals surface area contributed by atoms with Crippen LogP contribution in [0.1, 0.15) is 27.2 Å². The number of ether oxygens (including phenoxy) is 1. The molecule has 5 nitrogen and oxygen atoms in total. The quantitative estimate of drug-likeness (QED) is 0.822. The van der Waals surface area contributed by atoms with E-state index < -0.39 is 5.60 Å². The maximum atomic E-state index is 12.4. The largest absolute Gasteiger partial charge is 0.444 e. The lowest BCUT2D eigenvalue weighted by Gasteiger charge is -2.36. The molecule has 1 aromatic carbocycles. The van der Waals surface area contributed by atoms with Gasteiger partial charge in [0.15, 0.2) is 0 Å². The second-order valence-corrected chi connectivity index (χ2v) is 8.13. The van der Waals surface area contributed by atoms with Crippen LogP contribution in [0.2, 0.25) is 0 Å². The van der Waals surface area contributed by atoms with Crippen molar-refractivity contribution in [2.24, 2.45) is 0 Å². The third-order valence-corrected chi connectivity index (χ3v) is 5.03. The van der Waals surface area contributed by atoms with Crippen LogP contribution in [0.5, 0.6) is 0 Å². The summed E-state index contributed by atoms with van der Waals surface area (Å²) < 4.78 is 5.55. The fourth-order valence-electron chi connectivity index (χ4n) is 3.90. The monoisotopic (exact) mass is 351 g/mol. The summed E-state index contributed by atoms with van der Waals surface area (Å²) in [5.74, 6) is 0. The fourth-order valence-corrected chi connectivity index (χ4v) is 3.90. The molecule has 0 N–H and O–H groups in total. The third-order valence-electron chi connectivity index (χ3n) is 5.03. The Morgan fingerprint density at radius 1 is 1.08 bits per heavy atom. The zero-order chi connectivity index (χ0) is 18.3. The van der Waals surface area contributed by atoms with Crippen molar-refractivity contribution in [1.29, 1.82) is 0 Å². The molecule has 2 aromatic rings. The smallest absolute Gasteiger partial charge is 0.410 e. The predicted octanol–water partition coefficient (Wildman–Crippen LogP) is 3.95. The molecule has 1 aromatic heterocycles. The highest BCUT2D eigenvalue weighted by atomic mass is 16.6. The fraction of sp³-hybridized carbons (Fsp3) is 0.429. The van der Waals surface area contributed by atoms with Gasteiger partial charge in [0, 0.05) is 30.9 Å². The van der Waals surface area contributed by atoms with E-state index in [4.69, 9.17) is 4.74 Å². The maximum Gasteiger partial charge on any atom is 0.410 e. The maximum absolute atomic E-state index is 12.4. The zero-order valence-electron chi connectivity index (χ0n) is 15.6. The first kappa shape index (κ1) is 16.9. The molecule has 2 aliphatic rings. The first-order chi connectivity index (χ1) is 12.4. The Labute approximate surface area is 154 Å². The standard InChI is InChI=1S/C21H25N3O2/c1-21(2,3)26-20(25)24-14-18-10-19(24)13-23(18)17-9-16(11-22-12-17)15-7-5-4-6-8-15/h4-9,11-12,18-19H,10,13-14H2,1-3H3/t18-,19?/m0/s1. The molecule has 5 heteroatoms. The Morgan fingerprint density at radius 2 is 1.85 bits per heavy atom. The summed E-state index contributed by atoms with van der Waals surface area (Å²) in [5, 5.41) is 0. The minimum Gasteiger partial charge on any atom is -0.444 e. The number of fused-ring (bicyclic) bond motifs is 2. The normalized spacial score (nSPS) is 22.0. The molecule has 2 saturated heterocycles. The van der Waals surface area contributed by atoms with Gasteiger partial charge >= 0.3 is 6.09 Å². The van der Waals surface area contributed by atoms with Crippen LogP contribution in [-0.2, 0) is 4.74 Å². The number of aromatic nitrogens is 1. The van der Waals surface area contributed by atoms with Gasteiger partial charge in [-0.1, -0.05) is 30.3 Å². The van der Waals surface area contributed by atoms with Gasteiger partial charge in [0.25, 0.3) is 0 Å². The summed E-state index contributed by atoms with van der Waals surface area (Å²) in [4.78, 5) is 21.1. The topological polar surface area (TPSA) is 45.7 Å². The molecule has 2 aliphatic heterocycles. The van der Waals surface area contributed by atoms with Gasteiger partial charge in [-0.3, -0.25) is 4.98 Å². The van der Waals surface area contributed by atoms with E-state index in [1.54, 1.807) is 0 Å². The highest BCUT2D eigenvalue weighted by molar-refractivity contribution is 5.71. The molecule has 2 fully saturated rings. The Morgan fingerprint density at radius 3 is 2.50 bits per heavy atom. The van der Waals surface area contributed by atoms with Crippen molar-refractivity contribution in [2.75, 3.05) is 18.0 Å². The van der Waals surface area contributed by atoms with E-state index in [1.165, 1.54) is 5.56 Å². The summed E-state index contributed by atoms with van der Waals surface area (Å²) in [6.45, 7) is 7.28. The Balaban J connectivity index is 1.49.